The van der Waals surface area contributed by atoms with E-state index in [1.54, 1.807) is 0 Å². The number of imidazole rings is 1. The van der Waals surface area contributed by atoms with Gasteiger partial charge in [-0.3, -0.25) is 0 Å². The van der Waals surface area contributed by atoms with Gasteiger partial charge in [0, 0.05) is 25.3 Å². The topological polar surface area (TPSA) is 39.1 Å². The van der Waals surface area contributed by atoms with Gasteiger partial charge in [0.15, 0.2) is 0 Å². The van der Waals surface area contributed by atoms with E-state index >= 15 is 0 Å². The molecule has 1 heterocycles. The minimum atomic E-state index is 0.682. The molecule has 1 aromatic carbocycles. The zero-order valence-electron chi connectivity index (χ0n) is 11.0. The summed E-state index contributed by atoms with van der Waals surface area (Å²) < 4.78 is 7.91. The van der Waals surface area contributed by atoms with E-state index < -0.39 is 0 Å². The summed E-state index contributed by atoms with van der Waals surface area (Å²) in [5.41, 5.74) is 1.27. The van der Waals surface area contributed by atoms with Crippen molar-refractivity contribution >= 4 is 0 Å². The molecule has 0 spiro atoms. The monoisotopic (exact) mass is 257 g/mol. The molecule has 100 valence electrons. The van der Waals surface area contributed by atoms with Crippen LogP contribution >= 0.6 is 0 Å². The molecule has 0 atom stereocenters. The van der Waals surface area contributed by atoms with Crippen molar-refractivity contribution in [3.05, 3.63) is 48.5 Å². The molecule has 0 bridgehead atoms. The molecule has 4 heteroatoms. The average Bonchev–Trinajstić information content (AvgIpc) is 3.19. The Morgan fingerprint density at radius 1 is 1.26 bits per heavy atom. The van der Waals surface area contributed by atoms with E-state index in [1.165, 1.54) is 18.5 Å². The van der Waals surface area contributed by atoms with E-state index in [4.69, 9.17) is 4.74 Å². The number of hydrogen-bond acceptors (Lipinski definition) is 3. The largest absolute Gasteiger partial charge is 0.492 e. The molecule has 0 aliphatic heterocycles. The first-order chi connectivity index (χ1) is 9.43. The van der Waals surface area contributed by atoms with Crippen molar-refractivity contribution in [2.75, 3.05) is 13.2 Å². The van der Waals surface area contributed by atoms with Gasteiger partial charge in [-0.05, 0) is 25.0 Å². The first-order valence-electron chi connectivity index (χ1n) is 6.83. The molecule has 4 nitrogen and oxygen atoms in total. The molecule has 1 fully saturated rings. The second-order valence-electron chi connectivity index (χ2n) is 4.86. The third-order valence-electron chi connectivity index (χ3n) is 3.28. The summed E-state index contributed by atoms with van der Waals surface area (Å²) in [5, 5.41) is 3.40. The molecule has 2 aromatic rings. The van der Waals surface area contributed by atoms with E-state index in [9.17, 15) is 0 Å². The highest BCUT2D eigenvalue weighted by atomic mass is 16.5. The van der Waals surface area contributed by atoms with Gasteiger partial charge in [0.05, 0.1) is 12.0 Å². The molecule has 19 heavy (non-hydrogen) atoms. The van der Waals surface area contributed by atoms with E-state index in [0.717, 1.165) is 18.8 Å². The van der Waals surface area contributed by atoms with Gasteiger partial charge in [-0.2, -0.15) is 0 Å². The Balaban J connectivity index is 1.38. The lowest BCUT2D eigenvalue weighted by atomic mass is 10.3. The Hall–Kier alpha value is -1.81. The zero-order chi connectivity index (χ0) is 12.9. The summed E-state index contributed by atoms with van der Waals surface area (Å²) in [4.78, 5) is 4.22. The predicted octanol–water partition coefficient (Wildman–Crippen LogP) is 2.39. The second kappa shape index (κ2) is 5.89. The van der Waals surface area contributed by atoms with Gasteiger partial charge in [-0.15, -0.1) is 0 Å². The van der Waals surface area contributed by atoms with Crippen LogP contribution in [0.4, 0.5) is 0 Å². The minimum Gasteiger partial charge on any atom is -0.492 e. The predicted molar refractivity (Wildman–Crippen MR) is 74.1 cm³/mol. The molecule has 3 rings (SSSR count). The Labute approximate surface area is 113 Å². The number of nitrogens with zero attached hydrogens (tertiary/aromatic N) is 2. The van der Waals surface area contributed by atoms with Gasteiger partial charge in [0.2, 0.25) is 0 Å². The van der Waals surface area contributed by atoms with E-state index in [0.29, 0.717) is 12.6 Å². The average molecular weight is 257 g/mol. The molecule has 0 saturated heterocycles. The first-order valence-corrected chi connectivity index (χ1v) is 6.83. The van der Waals surface area contributed by atoms with E-state index in [-0.39, 0.29) is 0 Å². The Kier molecular flexibility index (Phi) is 3.79. The maximum atomic E-state index is 5.63. The molecule has 1 aliphatic carbocycles. The summed E-state index contributed by atoms with van der Waals surface area (Å²) in [5.74, 6) is 0.923. The SMILES string of the molecule is c1ccc(OCCNCc2cncn2C2CC2)cc1. The fraction of sp³-hybridized carbons (Fsp3) is 0.400. The number of aromatic nitrogens is 2. The highest BCUT2D eigenvalue weighted by Crippen LogP contribution is 2.35. The zero-order valence-corrected chi connectivity index (χ0v) is 11.0. The van der Waals surface area contributed by atoms with Crippen molar-refractivity contribution in [1.29, 1.82) is 0 Å². The number of benzene rings is 1. The molecule has 1 N–H and O–H groups in total. The highest BCUT2D eigenvalue weighted by molar-refractivity contribution is 5.20. The molecule has 0 unspecified atom stereocenters. The first kappa shape index (κ1) is 12.2. The van der Waals surface area contributed by atoms with Crippen molar-refractivity contribution in [1.82, 2.24) is 14.9 Å². The molecular weight excluding hydrogens is 238 g/mol. The lowest BCUT2D eigenvalue weighted by Gasteiger charge is -2.09. The number of hydrogen-bond donors (Lipinski definition) is 1. The summed E-state index contributed by atoms with van der Waals surface area (Å²) in [7, 11) is 0. The fourth-order valence-corrected chi connectivity index (χ4v) is 2.12. The van der Waals surface area contributed by atoms with Gasteiger partial charge >= 0.3 is 0 Å². The summed E-state index contributed by atoms with van der Waals surface area (Å²) >= 11 is 0. The maximum absolute atomic E-state index is 5.63. The summed E-state index contributed by atoms with van der Waals surface area (Å²) in [6, 6.07) is 10.6. The van der Waals surface area contributed by atoms with Crippen molar-refractivity contribution < 1.29 is 4.74 Å². The fourth-order valence-electron chi connectivity index (χ4n) is 2.12. The Bertz CT molecular complexity index is 505. The van der Waals surface area contributed by atoms with Crippen LogP contribution in [0, 0.1) is 0 Å². The molecule has 1 aromatic heterocycles. The third kappa shape index (κ3) is 3.35. The van der Waals surface area contributed by atoms with Crippen LogP contribution in [-0.4, -0.2) is 22.7 Å². The van der Waals surface area contributed by atoms with E-state index in [2.05, 4.69) is 14.9 Å². The van der Waals surface area contributed by atoms with Gasteiger partial charge in [0.25, 0.3) is 0 Å². The number of nitrogens with one attached hydrogen (secondary N) is 1. The normalized spacial score (nSPS) is 14.5. The van der Waals surface area contributed by atoms with Crippen molar-refractivity contribution in [3.8, 4) is 5.75 Å². The summed E-state index contributed by atoms with van der Waals surface area (Å²) in [6.07, 6.45) is 6.47. The van der Waals surface area contributed by atoms with Crippen LogP contribution in [0.5, 0.6) is 5.75 Å². The lowest BCUT2D eigenvalue weighted by molar-refractivity contribution is 0.313. The van der Waals surface area contributed by atoms with Crippen LogP contribution in [-0.2, 0) is 6.54 Å². The number of ether oxygens (including phenoxy) is 1. The molecule has 1 aliphatic rings. The Morgan fingerprint density at radius 2 is 2.11 bits per heavy atom. The molecule has 0 amide bonds. The van der Waals surface area contributed by atoms with Crippen LogP contribution in [0.25, 0.3) is 0 Å². The van der Waals surface area contributed by atoms with Crippen molar-refractivity contribution in [2.45, 2.75) is 25.4 Å². The van der Waals surface area contributed by atoms with Crippen LogP contribution < -0.4 is 10.1 Å². The minimum absolute atomic E-state index is 0.682. The van der Waals surface area contributed by atoms with Gasteiger partial charge in [-0.25, -0.2) is 4.98 Å². The van der Waals surface area contributed by atoms with Crippen molar-refractivity contribution in [3.63, 3.8) is 0 Å². The van der Waals surface area contributed by atoms with Crippen LogP contribution in [0.1, 0.15) is 24.6 Å². The van der Waals surface area contributed by atoms with E-state index in [1.807, 2.05) is 42.9 Å². The standard InChI is InChI=1S/C15H19N3O/c1-2-4-15(5-3-1)19-9-8-16-10-14-11-17-12-18(14)13-6-7-13/h1-5,11-13,16H,6-10H2. The summed E-state index contributed by atoms with van der Waals surface area (Å²) in [6.45, 7) is 2.38. The molecule has 0 radical (unpaired) electrons. The van der Waals surface area contributed by atoms with Crippen molar-refractivity contribution in [2.24, 2.45) is 0 Å². The number of rotatable bonds is 7. The highest BCUT2D eigenvalue weighted by Gasteiger charge is 2.24. The Morgan fingerprint density at radius 3 is 2.89 bits per heavy atom. The van der Waals surface area contributed by atoms with Crippen LogP contribution in [0.15, 0.2) is 42.9 Å². The second-order valence-corrected chi connectivity index (χ2v) is 4.86. The maximum Gasteiger partial charge on any atom is 0.119 e. The lowest BCUT2D eigenvalue weighted by Crippen LogP contribution is -2.22. The smallest absolute Gasteiger partial charge is 0.119 e. The van der Waals surface area contributed by atoms with Gasteiger partial charge in [0.1, 0.15) is 12.4 Å². The third-order valence-corrected chi connectivity index (χ3v) is 3.28. The quantitative estimate of drug-likeness (QED) is 0.774. The van der Waals surface area contributed by atoms with Gasteiger partial charge in [-0.1, -0.05) is 18.2 Å². The number of para-hydroxylation sites is 1. The molecule has 1 saturated carbocycles. The molecular formula is C15H19N3O. The van der Waals surface area contributed by atoms with Crippen LogP contribution in [0.3, 0.4) is 0 Å². The van der Waals surface area contributed by atoms with Crippen LogP contribution in [0.2, 0.25) is 0 Å². The van der Waals surface area contributed by atoms with Gasteiger partial charge < -0.3 is 14.6 Å².